The van der Waals surface area contributed by atoms with Gasteiger partial charge < -0.3 is 0 Å². The largest absolute Gasteiger partial charge is 0.224 e. The Hall–Kier alpha value is -0.880. The molecule has 3 aromatic carbocycles. The van der Waals surface area contributed by atoms with Crippen molar-refractivity contribution in [2.45, 2.75) is 15.0 Å². The quantitative estimate of drug-likeness (QED) is 0.332. The van der Waals surface area contributed by atoms with E-state index in [0.29, 0.717) is 15.1 Å². The van der Waals surface area contributed by atoms with Gasteiger partial charge in [0.25, 0.3) is 0 Å². The molecular weight excluding hydrogens is 478 g/mol. The number of hydrogen-bond acceptors (Lipinski definition) is 3. The predicted octanol–water partition coefficient (Wildman–Crippen LogP) is 7.61. The summed E-state index contributed by atoms with van der Waals surface area (Å²) in [6.45, 7) is 0. The second-order valence-corrected chi connectivity index (χ2v) is 10.9. The molecule has 2 nitrogen and oxygen atoms in total. The highest BCUT2D eigenvalue weighted by atomic mass is 35.5. The van der Waals surface area contributed by atoms with Crippen LogP contribution in [0.5, 0.6) is 0 Å². The first-order valence-corrected chi connectivity index (χ1v) is 12.1. The molecule has 0 bridgehead atoms. The van der Waals surface area contributed by atoms with Gasteiger partial charge in [0.2, 0.25) is 0 Å². The van der Waals surface area contributed by atoms with E-state index in [2.05, 4.69) is 0 Å². The van der Waals surface area contributed by atoms with Gasteiger partial charge in [0.1, 0.15) is 0 Å². The highest BCUT2D eigenvalue weighted by Gasteiger charge is 2.24. The average molecular weight is 492 g/mol. The monoisotopic (exact) mass is 490 g/mol. The molecule has 0 saturated heterocycles. The Labute approximate surface area is 188 Å². The minimum atomic E-state index is -3.61. The van der Waals surface area contributed by atoms with Crippen molar-refractivity contribution in [2.75, 3.05) is 5.75 Å². The summed E-state index contributed by atoms with van der Waals surface area (Å²) in [4.78, 5) is 0.963. The van der Waals surface area contributed by atoms with Crippen LogP contribution in [0.15, 0.2) is 76.5 Å². The number of rotatable bonds is 6. The molecule has 0 saturated carbocycles. The fourth-order valence-electron chi connectivity index (χ4n) is 2.55. The summed E-state index contributed by atoms with van der Waals surface area (Å²) in [5.41, 5.74) is 0.891. The van der Waals surface area contributed by atoms with Gasteiger partial charge in [-0.1, -0.05) is 76.7 Å². The molecule has 3 aromatic rings. The van der Waals surface area contributed by atoms with Gasteiger partial charge in [-0.15, -0.1) is 11.8 Å². The lowest BCUT2D eigenvalue weighted by Crippen LogP contribution is -2.13. The van der Waals surface area contributed by atoms with Gasteiger partial charge in [-0.2, -0.15) is 0 Å². The summed E-state index contributed by atoms with van der Waals surface area (Å²) >= 11 is 25.4. The summed E-state index contributed by atoms with van der Waals surface area (Å²) < 4.78 is 26.1. The fraction of sp³-hybridized carbons (Fsp3) is 0.100. The first-order chi connectivity index (χ1) is 13.3. The van der Waals surface area contributed by atoms with E-state index in [1.807, 2.05) is 36.4 Å². The average Bonchev–Trinajstić information content (AvgIpc) is 2.67. The van der Waals surface area contributed by atoms with Gasteiger partial charge >= 0.3 is 0 Å². The summed E-state index contributed by atoms with van der Waals surface area (Å²) in [7, 11) is -3.61. The van der Waals surface area contributed by atoms with Crippen LogP contribution < -0.4 is 0 Å². The third-order valence-electron chi connectivity index (χ3n) is 3.96. The molecule has 146 valence electrons. The zero-order valence-electron chi connectivity index (χ0n) is 14.3. The van der Waals surface area contributed by atoms with Crippen LogP contribution in [-0.4, -0.2) is 14.2 Å². The smallest absolute Gasteiger partial charge is 0.179 e. The fourth-order valence-corrected chi connectivity index (χ4v) is 6.39. The summed E-state index contributed by atoms with van der Waals surface area (Å²) in [5.74, 6) is -0.111. The van der Waals surface area contributed by atoms with Crippen LogP contribution in [-0.2, 0) is 9.84 Å². The Balaban J connectivity index is 1.94. The Kier molecular flexibility index (Phi) is 7.24. The maximum atomic E-state index is 13.0. The number of thioether (sulfide) groups is 1. The van der Waals surface area contributed by atoms with Crippen LogP contribution in [0.2, 0.25) is 20.1 Å². The van der Waals surface area contributed by atoms with Crippen molar-refractivity contribution in [2.24, 2.45) is 0 Å². The van der Waals surface area contributed by atoms with Crippen LogP contribution in [0.1, 0.15) is 10.8 Å². The molecule has 0 amide bonds. The number of hydrogen-bond donors (Lipinski definition) is 0. The normalized spacial score (nSPS) is 12.7. The maximum absolute atomic E-state index is 13.0. The molecule has 0 unspecified atom stereocenters. The summed E-state index contributed by atoms with van der Waals surface area (Å²) in [6.07, 6.45) is 0. The molecule has 0 aliphatic rings. The Bertz CT molecular complexity index is 1090. The predicted molar refractivity (Wildman–Crippen MR) is 120 cm³/mol. The van der Waals surface area contributed by atoms with Crippen molar-refractivity contribution >= 4 is 68.0 Å². The standard InChI is InChI=1S/C20H14Cl4O2S2/c21-16-8-6-14(10-18(16)23)27-20(13-4-2-1-3-5-13)12-28(25,26)15-7-9-17(22)19(24)11-15/h1-11,20H,12H2/t20-/m1/s1. The zero-order valence-corrected chi connectivity index (χ0v) is 18.9. The topological polar surface area (TPSA) is 34.1 Å². The van der Waals surface area contributed by atoms with Crippen LogP contribution in [0.25, 0.3) is 0 Å². The van der Waals surface area contributed by atoms with E-state index < -0.39 is 9.84 Å². The van der Waals surface area contributed by atoms with Gasteiger partial charge in [-0.25, -0.2) is 8.42 Å². The van der Waals surface area contributed by atoms with Crippen molar-refractivity contribution in [1.29, 1.82) is 0 Å². The lowest BCUT2D eigenvalue weighted by atomic mass is 10.2. The van der Waals surface area contributed by atoms with Gasteiger partial charge in [0, 0.05) is 10.1 Å². The third-order valence-corrected chi connectivity index (χ3v) is 8.64. The van der Waals surface area contributed by atoms with Crippen molar-refractivity contribution < 1.29 is 8.42 Å². The van der Waals surface area contributed by atoms with Crippen LogP contribution >= 0.6 is 58.2 Å². The van der Waals surface area contributed by atoms with E-state index in [1.54, 1.807) is 12.1 Å². The van der Waals surface area contributed by atoms with E-state index in [-0.39, 0.29) is 20.9 Å². The molecular formula is C20H14Cl4O2S2. The molecule has 0 radical (unpaired) electrons. The lowest BCUT2D eigenvalue weighted by Gasteiger charge is -2.18. The van der Waals surface area contributed by atoms with Crippen molar-refractivity contribution in [3.8, 4) is 0 Å². The van der Waals surface area contributed by atoms with Crippen molar-refractivity contribution in [1.82, 2.24) is 0 Å². The van der Waals surface area contributed by atoms with Gasteiger partial charge in [-0.05, 0) is 42.0 Å². The number of sulfone groups is 1. The number of halogens is 4. The van der Waals surface area contributed by atoms with E-state index in [4.69, 9.17) is 46.4 Å². The first-order valence-electron chi connectivity index (χ1n) is 8.11. The molecule has 28 heavy (non-hydrogen) atoms. The Morgan fingerprint density at radius 3 is 1.96 bits per heavy atom. The van der Waals surface area contributed by atoms with E-state index in [9.17, 15) is 8.42 Å². The molecule has 0 aromatic heterocycles. The van der Waals surface area contributed by atoms with Crippen LogP contribution in [0.3, 0.4) is 0 Å². The second-order valence-electron chi connectivity index (χ2n) is 5.95. The lowest BCUT2D eigenvalue weighted by molar-refractivity contribution is 0.595. The molecule has 0 aliphatic carbocycles. The molecule has 0 spiro atoms. The molecule has 0 heterocycles. The summed E-state index contributed by atoms with van der Waals surface area (Å²) in [5, 5.41) is 1.04. The minimum Gasteiger partial charge on any atom is -0.224 e. The molecule has 0 N–H and O–H groups in total. The Morgan fingerprint density at radius 2 is 1.36 bits per heavy atom. The van der Waals surface area contributed by atoms with Gasteiger partial charge in [-0.3, -0.25) is 0 Å². The highest BCUT2D eigenvalue weighted by molar-refractivity contribution is 8.01. The van der Waals surface area contributed by atoms with Gasteiger partial charge in [0.05, 0.1) is 30.7 Å². The SMILES string of the molecule is O=S(=O)(C[C@@H](Sc1ccc(Cl)c(Cl)c1)c1ccccc1)c1ccc(Cl)c(Cl)c1. The van der Waals surface area contributed by atoms with E-state index >= 15 is 0 Å². The molecule has 1 atom stereocenters. The molecule has 8 heteroatoms. The van der Waals surface area contributed by atoms with Crippen LogP contribution in [0.4, 0.5) is 0 Å². The second kappa shape index (κ2) is 9.29. The molecule has 0 aliphatic heterocycles. The Morgan fingerprint density at radius 1 is 0.750 bits per heavy atom. The first kappa shape index (κ1) is 21.8. The number of benzene rings is 3. The minimum absolute atomic E-state index is 0.111. The summed E-state index contributed by atoms with van der Waals surface area (Å²) in [6, 6.07) is 19.0. The van der Waals surface area contributed by atoms with Gasteiger partial charge in [0.15, 0.2) is 9.84 Å². The zero-order chi connectivity index (χ0) is 20.3. The van der Waals surface area contributed by atoms with Crippen molar-refractivity contribution in [3.05, 3.63) is 92.4 Å². The molecule has 0 fully saturated rings. The van der Waals surface area contributed by atoms with E-state index in [1.165, 1.54) is 30.0 Å². The van der Waals surface area contributed by atoms with E-state index in [0.717, 1.165) is 10.5 Å². The highest BCUT2D eigenvalue weighted by Crippen LogP contribution is 2.39. The maximum Gasteiger partial charge on any atom is 0.179 e. The van der Waals surface area contributed by atoms with Crippen LogP contribution in [0, 0.1) is 0 Å². The molecule has 3 rings (SSSR count). The van der Waals surface area contributed by atoms with Crippen molar-refractivity contribution in [3.63, 3.8) is 0 Å². The third kappa shape index (κ3) is 5.38.